The third-order valence-corrected chi connectivity index (χ3v) is 1.32. The highest BCUT2D eigenvalue weighted by Gasteiger charge is 1.89. The van der Waals surface area contributed by atoms with Gasteiger partial charge in [-0.05, 0) is 24.8 Å². The molecule has 0 spiro atoms. The number of carbonyl (C=O) groups excluding carboxylic acids is 1. The van der Waals surface area contributed by atoms with E-state index in [9.17, 15) is 4.79 Å². The van der Waals surface area contributed by atoms with Gasteiger partial charge in [-0.2, -0.15) is 0 Å². The number of halogens is 1. The highest BCUT2D eigenvalue weighted by molar-refractivity contribution is 6.17. The molecule has 0 amide bonds. The van der Waals surface area contributed by atoms with Gasteiger partial charge in [-0.3, -0.25) is 4.79 Å². The van der Waals surface area contributed by atoms with Crippen LogP contribution in [0.15, 0.2) is 12.2 Å². The molecule has 52 valence electrons. The lowest BCUT2D eigenvalue weighted by Gasteiger charge is -1.93. The monoisotopic (exact) mass is 146 g/mol. The summed E-state index contributed by atoms with van der Waals surface area (Å²) >= 11 is 5.41. The molecular formula is C7H11ClO. The lowest BCUT2D eigenvalue weighted by Crippen LogP contribution is -1.83. The summed E-state index contributed by atoms with van der Waals surface area (Å²) in [7, 11) is 0. The van der Waals surface area contributed by atoms with Gasteiger partial charge in [-0.25, -0.2) is 0 Å². The van der Waals surface area contributed by atoms with Crippen molar-refractivity contribution in [1.29, 1.82) is 0 Å². The molecule has 0 saturated heterocycles. The lowest BCUT2D eigenvalue weighted by atomic mass is 10.1. The first-order valence-corrected chi connectivity index (χ1v) is 3.53. The molecular weight excluding hydrogens is 136 g/mol. The van der Waals surface area contributed by atoms with Gasteiger partial charge in [-0.15, -0.1) is 11.6 Å². The summed E-state index contributed by atoms with van der Waals surface area (Å²) in [6, 6.07) is 0. The average molecular weight is 147 g/mol. The van der Waals surface area contributed by atoms with E-state index in [1.165, 1.54) is 0 Å². The lowest BCUT2D eigenvalue weighted by molar-refractivity contribution is -0.105. The Morgan fingerprint density at radius 2 is 2.22 bits per heavy atom. The summed E-state index contributed by atoms with van der Waals surface area (Å²) in [5.74, 6) is 0.673. The van der Waals surface area contributed by atoms with Crippen LogP contribution in [0.5, 0.6) is 0 Å². The van der Waals surface area contributed by atoms with Crippen molar-refractivity contribution in [3.05, 3.63) is 12.2 Å². The minimum Gasteiger partial charge on any atom is -0.298 e. The molecule has 0 aliphatic rings. The Bertz CT molecular complexity index is 99.1. The van der Waals surface area contributed by atoms with Crippen molar-refractivity contribution < 1.29 is 4.79 Å². The second-order valence-electron chi connectivity index (χ2n) is 1.92. The molecule has 0 radical (unpaired) electrons. The molecule has 1 nitrogen and oxygen atoms in total. The van der Waals surface area contributed by atoms with Crippen molar-refractivity contribution in [1.82, 2.24) is 0 Å². The van der Waals surface area contributed by atoms with Crippen molar-refractivity contribution >= 4 is 17.9 Å². The molecule has 0 aliphatic heterocycles. The van der Waals surface area contributed by atoms with Crippen LogP contribution >= 0.6 is 11.6 Å². The summed E-state index contributed by atoms with van der Waals surface area (Å²) in [4.78, 5) is 9.97. The van der Waals surface area contributed by atoms with Crippen LogP contribution < -0.4 is 0 Å². The van der Waals surface area contributed by atoms with Crippen molar-refractivity contribution in [2.75, 3.05) is 5.88 Å². The van der Waals surface area contributed by atoms with Crippen LogP contribution in [0.1, 0.15) is 19.3 Å². The van der Waals surface area contributed by atoms with E-state index in [0.717, 1.165) is 25.5 Å². The van der Waals surface area contributed by atoms with Gasteiger partial charge in [0, 0.05) is 5.88 Å². The van der Waals surface area contributed by atoms with Crippen molar-refractivity contribution in [3.8, 4) is 0 Å². The van der Waals surface area contributed by atoms with Gasteiger partial charge in [0.1, 0.15) is 6.29 Å². The van der Waals surface area contributed by atoms with Gasteiger partial charge in [-0.1, -0.05) is 6.58 Å². The highest BCUT2D eigenvalue weighted by Crippen LogP contribution is 2.02. The SMILES string of the molecule is C=C(C=O)CCCCCl. The molecule has 0 aliphatic carbocycles. The van der Waals surface area contributed by atoms with Gasteiger partial charge in [0.2, 0.25) is 0 Å². The van der Waals surface area contributed by atoms with E-state index < -0.39 is 0 Å². The number of alkyl halides is 1. The minimum absolute atomic E-state index is 0.667. The van der Waals surface area contributed by atoms with Crippen LogP contribution in [0.3, 0.4) is 0 Å². The van der Waals surface area contributed by atoms with Crippen LogP contribution in [0, 0.1) is 0 Å². The van der Waals surface area contributed by atoms with Crippen LogP contribution in [-0.4, -0.2) is 12.2 Å². The standard InChI is InChI=1S/C7H11ClO/c1-7(6-9)4-2-3-5-8/h6H,1-5H2. The number of hydrogen-bond acceptors (Lipinski definition) is 1. The number of rotatable bonds is 5. The smallest absolute Gasteiger partial charge is 0.145 e. The van der Waals surface area contributed by atoms with E-state index in [4.69, 9.17) is 11.6 Å². The predicted molar refractivity (Wildman–Crippen MR) is 39.8 cm³/mol. The number of allylic oxidation sites excluding steroid dienone is 1. The first-order chi connectivity index (χ1) is 4.31. The molecule has 0 heterocycles. The van der Waals surface area contributed by atoms with Gasteiger partial charge in [0.05, 0.1) is 0 Å². The molecule has 0 aromatic heterocycles. The summed E-state index contributed by atoms with van der Waals surface area (Å²) in [6.07, 6.45) is 3.53. The zero-order valence-electron chi connectivity index (χ0n) is 5.40. The minimum atomic E-state index is 0.667. The maximum Gasteiger partial charge on any atom is 0.145 e. The van der Waals surface area contributed by atoms with Crippen molar-refractivity contribution in [3.63, 3.8) is 0 Å². The maximum atomic E-state index is 9.97. The van der Waals surface area contributed by atoms with Crippen LogP contribution in [-0.2, 0) is 4.79 Å². The Morgan fingerprint density at radius 1 is 1.56 bits per heavy atom. The molecule has 0 saturated carbocycles. The van der Waals surface area contributed by atoms with E-state index in [1.54, 1.807) is 0 Å². The normalized spacial score (nSPS) is 9.00. The maximum absolute atomic E-state index is 9.97. The summed E-state index contributed by atoms with van der Waals surface area (Å²) < 4.78 is 0. The van der Waals surface area contributed by atoms with E-state index in [2.05, 4.69) is 6.58 Å². The van der Waals surface area contributed by atoms with Crippen molar-refractivity contribution in [2.45, 2.75) is 19.3 Å². The number of hydrogen-bond donors (Lipinski definition) is 0. The first-order valence-electron chi connectivity index (χ1n) is 3.00. The molecule has 0 bridgehead atoms. The highest BCUT2D eigenvalue weighted by atomic mass is 35.5. The first kappa shape index (κ1) is 8.70. The summed E-state index contributed by atoms with van der Waals surface area (Å²) in [5, 5.41) is 0. The zero-order chi connectivity index (χ0) is 7.11. The summed E-state index contributed by atoms with van der Waals surface area (Å²) in [6.45, 7) is 3.53. The van der Waals surface area contributed by atoms with Crippen LogP contribution in [0.25, 0.3) is 0 Å². The largest absolute Gasteiger partial charge is 0.298 e. The Kier molecular flexibility index (Phi) is 5.64. The Labute approximate surface area is 60.7 Å². The topological polar surface area (TPSA) is 17.1 Å². The number of carbonyl (C=O) groups is 1. The second-order valence-corrected chi connectivity index (χ2v) is 2.30. The molecule has 0 rings (SSSR count). The molecule has 0 aromatic rings. The molecule has 0 aromatic carbocycles. The summed E-state index contributed by atoms with van der Waals surface area (Å²) in [5.41, 5.74) is 0.667. The van der Waals surface area contributed by atoms with Crippen LogP contribution in [0.2, 0.25) is 0 Å². The third-order valence-electron chi connectivity index (χ3n) is 1.05. The molecule has 2 heteroatoms. The van der Waals surface area contributed by atoms with Gasteiger partial charge >= 0.3 is 0 Å². The van der Waals surface area contributed by atoms with Crippen LogP contribution in [0.4, 0.5) is 0 Å². The van der Waals surface area contributed by atoms with Gasteiger partial charge in [0.15, 0.2) is 0 Å². The molecule has 0 fully saturated rings. The fourth-order valence-electron chi connectivity index (χ4n) is 0.505. The predicted octanol–water partition coefficient (Wildman–Crippen LogP) is 2.15. The Balaban J connectivity index is 3.07. The average Bonchev–Trinajstić information content (AvgIpc) is 1.89. The molecule has 0 N–H and O–H groups in total. The Hall–Kier alpha value is -0.300. The van der Waals surface area contributed by atoms with E-state index in [1.807, 2.05) is 0 Å². The fraction of sp³-hybridized carbons (Fsp3) is 0.571. The number of unbranched alkanes of at least 4 members (excludes halogenated alkanes) is 1. The van der Waals surface area contributed by atoms with E-state index in [-0.39, 0.29) is 0 Å². The van der Waals surface area contributed by atoms with Gasteiger partial charge < -0.3 is 0 Å². The fourth-order valence-corrected chi connectivity index (χ4v) is 0.694. The van der Waals surface area contributed by atoms with Crippen molar-refractivity contribution in [2.24, 2.45) is 0 Å². The van der Waals surface area contributed by atoms with E-state index >= 15 is 0 Å². The van der Waals surface area contributed by atoms with Gasteiger partial charge in [0.25, 0.3) is 0 Å². The zero-order valence-corrected chi connectivity index (χ0v) is 6.16. The third kappa shape index (κ3) is 5.57. The van der Waals surface area contributed by atoms with E-state index in [0.29, 0.717) is 11.5 Å². The quantitative estimate of drug-likeness (QED) is 0.251. The second kappa shape index (κ2) is 5.83. The molecule has 0 atom stereocenters. The number of aldehydes is 1. The Morgan fingerprint density at radius 3 is 2.67 bits per heavy atom. The molecule has 9 heavy (non-hydrogen) atoms. The molecule has 0 unspecified atom stereocenters.